The standard InChI is InChI=1S/C17H30N2S/c1-7-15(11-20-6)19(5)16(10-18)17-13(3)8-12(2)9-14(17)4/h8-9,15-16H,7,10-11,18H2,1-6H3. The van der Waals surface area contributed by atoms with E-state index in [1.807, 2.05) is 11.8 Å². The summed E-state index contributed by atoms with van der Waals surface area (Å²) in [5, 5.41) is 0. The Morgan fingerprint density at radius 3 is 2.15 bits per heavy atom. The van der Waals surface area contributed by atoms with Crippen LogP contribution in [0.4, 0.5) is 0 Å². The second-order valence-electron chi connectivity index (χ2n) is 5.75. The molecule has 2 unspecified atom stereocenters. The molecule has 0 bridgehead atoms. The number of benzene rings is 1. The summed E-state index contributed by atoms with van der Waals surface area (Å²) in [7, 11) is 2.22. The van der Waals surface area contributed by atoms with Crippen molar-refractivity contribution in [2.45, 2.75) is 46.2 Å². The smallest absolute Gasteiger partial charge is 0.0475 e. The molecule has 0 aromatic heterocycles. The van der Waals surface area contributed by atoms with Crippen LogP contribution in [0.25, 0.3) is 0 Å². The minimum atomic E-state index is 0.313. The molecule has 2 nitrogen and oxygen atoms in total. The molecule has 0 heterocycles. The fourth-order valence-electron chi connectivity index (χ4n) is 3.17. The summed E-state index contributed by atoms with van der Waals surface area (Å²) in [6, 6.07) is 5.44. The molecule has 3 heteroatoms. The summed E-state index contributed by atoms with van der Waals surface area (Å²) in [4.78, 5) is 2.47. The Morgan fingerprint density at radius 1 is 1.20 bits per heavy atom. The van der Waals surface area contributed by atoms with Gasteiger partial charge in [0, 0.05) is 24.4 Å². The number of thioether (sulfide) groups is 1. The van der Waals surface area contributed by atoms with Crippen molar-refractivity contribution in [3.05, 3.63) is 34.4 Å². The largest absolute Gasteiger partial charge is 0.329 e. The van der Waals surface area contributed by atoms with Crippen LogP contribution in [0.5, 0.6) is 0 Å². The number of nitrogens with two attached hydrogens (primary N) is 1. The van der Waals surface area contributed by atoms with Crippen molar-refractivity contribution in [2.24, 2.45) is 5.73 Å². The highest BCUT2D eigenvalue weighted by atomic mass is 32.2. The fraction of sp³-hybridized carbons (Fsp3) is 0.647. The van der Waals surface area contributed by atoms with E-state index in [4.69, 9.17) is 5.73 Å². The lowest BCUT2D eigenvalue weighted by molar-refractivity contribution is 0.187. The molecular weight excluding hydrogens is 264 g/mol. The molecule has 1 aromatic carbocycles. The molecule has 20 heavy (non-hydrogen) atoms. The van der Waals surface area contributed by atoms with E-state index in [0.29, 0.717) is 18.6 Å². The van der Waals surface area contributed by atoms with Crippen LogP contribution in [0, 0.1) is 20.8 Å². The van der Waals surface area contributed by atoms with Gasteiger partial charge < -0.3 is 5.73 Å². The van der Waals surface area contributed by atoms with Crippen molar-refractivity contribution < 1.29 is 0 Å². The molecule has 0 aliphatic carbocycles. The van der Waals surface area contributed by atoms with Crippen LogP contribution in [0.15, 0.2) is 12.1 Å². The van der Waals surface area contributed by atoms with E-state index >= 15 is 0 Å². The third kappa shape index (κ3) is 4.00. The van der Waals surface area contributed by atoms with Crippen LogP contribution in [-0.2, 0) is 0 Å². The van der Waals surface area contributed by atoms with Gasteiger partial charge in [-0.1, -0.05) is 24.6 Å². The van der Waals surface area contributed by atoms with Crippen LogP contribution in [0.2, 0.25) is 0 Å². The van der Waals surface area contributed by atoms with E-state index < -0.39 is 0 Å². The predicted molar refractivity (Wildman–Crippen MR) is 92.7 cm³/mol. The summed E-state index contributed by atoms with van der Waals surface area (Å²) in [5.74, 6) is 1.16. The highest BCUT2D eigenvalue weighted by molar-refractivity contribution is 7.98. The maximum absolute atomic E-state index is 6.12. The molecule has 0 saturated heterocycles. The summed E-state index contributed by atoms with van der Waals surface area (Å²) in [5.41, 5.74) is 11.6. The second-order valence-corrected chi connectivity index (χ2v) is 6.66. The molecule has 0 amide bonds. The van der Waals surface area contributed by atoms with Gasteiger partial charge in [0.05, 0.1) is 0 Å². The van der Waals surface area contributed by atoms with Crippen molar-refractivity contribution >= 4 is 11.8 Å². The van der Waals surface area contributed by atoms with Gasteiger partial charge in [0.15, 0.2) is 0 Å². The molecule has 2 atom stereocenters. The lowest BCUT2D eigenvalue weighted by Crippen LogP contribution is -2.40. The molecule has 1 aromatic rings. The van der Waals surface area contributed by atoms with Crippen LogP contribution in [0.3, 0.4) is 0 Å². The van der Waals surface area contributed by atoms with Crippen LogP contribution >= 0.6 is 11.8 Å². The second kappa shape index (κ2) is 8.06. The molecular formula is C17H30N2S. The number of rotatable bonds is 7. The molecule has 0 saturated carbocycles. The van der Waals surface area contributed by atoms with Crippen LogP contribution in [-0.4, -0.2) is 36.5 Å². The molecule has 0 aliphatic heterocycles. The van der Waals surface area contributed by atoms with Gasteiger partial charge in [-0.15, -0.1) is 0 Å². The van der Waals surface area contributed by atoms with Gasteiger partial charge in [0.1, 0.15) is 0 Å². The van der Waals surface area contributed by atoms with Crippen molar-refractivity contribution in [3.63, 3.8) is 0 Å². The Hall–Kier alpha value is -0.510. The van der Waals surface area contributed by atoms with Crippen molar-refractivity contribution in [2.75, 3.05) is 25.6 Å². The normalized spacial score (nSPS) is 14.6. The lowest BCUT2D eigenvalue weighted by atomic mass is 9.92. The summed E-state index contributed by atoms with van der Waals surface area (Å²) < 4.78 is 0. The first-order valence-electron chi connectivity index (χ1n) is 7.44. The Labute approximate surface area is 129 Å². The molecule has 0 fully saturated rings. The number of likely N-dealkylation sites (N-methyl/N-ethyl adjacent to an activating group) is 1. The first kappa shape index (κ1) is 17.5. The third-order valence-electron chi connectivity index (χ3n) is 4.19. The summed E-state index contributed by atoms with van der Waals surface area (Å²) in [6.45, 7) is 9.52. The quantitative estimate of drug-likeness (QED) is 0.831. The number of aryl methyl sites for hydroxylation is 3. The number of nitrogens with zero attached hydrogens (tertiary/aromatic N) is 1. The number of hydrogen-bond acceptors (Lipinski definition) is 3. The van der Waals surface area contributed by atoms with E-state index in [-0.39, 0.29) is 0 Å². The Bertz CT molecular complexity index is 408. The first-order chi connectivity index (χ1) is 9.46. The summed E-state index contributed by atoms with van der Waals surface area (Å²) in [6.07, 6.45) is 3.34. The van der Waals surface area contributed by atoms with Crippen molar-refractivity contribution in [1.29, 1.82) is 0 Å². The topological polar surface area (TPSA) is 29.3 Å². The lowest BCUT2D eigenvalue weighted by Gasteiger charge is -2.35. The van der Waals surface area contributed by atoms with Crippen LogP contribution < -0.4 is 5.73 Å². The molecule has 2 N–H and O–H groups in total. The molecule has 1 rings (SSSR count). The molecule has 0 aliphatic rings. The Kier molecular flexibility index (Phi) is 7.07. The number of hydrogen-bond donors (Lipinski definition) is 1. The monoisotopic (exact) mass is 294 g/mol. The fourth-order valence-corrected chi connectivity index (χ4v) is 4.03. The SMILES string of the molecule is CCC(CSC)N(C)C(CN)c1c(C)cc(C)cc1C. The first-order valence-corrected chi connectivity index (χ1v) is 8.84. The van der Waals surface area contributed by atoms with E-state index in [1.54, 1.807) is 0 Å². The van der Waals surface area contributed by atoms with E-state index in [1.165, 1.54) is 22.3 Å². The molecule has 114 valence electrons. The average Bonchev–Trinajstić information content (AvgIpc) is 2.39. The van der Waals surface area contributed by atoms with E-state index in [0.717, 1.165) is 12.2 Å². The van der Waals surface area contributed by atoms with E-state index in [9.17, 15) is 0 Å². The van der Waals surface area contributed by atoms with Crippen molar-refractivity contribution in [1.82, 2.24) is 4.90 Å². The average molecular weight is 295 g/mol. The van der Waals surface area contributed by atoms with Gasteiger partial charge in [-0.25, -0.2) is 0 Å². The highest BCUT2D eigenvalue weighted by Crippen LogP contribution is 2.29. The van der Waals surface area contributed by atoms with Gasteiger partial charge in [0.2, 0.25) is 0 Å². The van der Waals surface area contributed by atoms with Crippen LogP contribution in [0.1, 0.15) is 41.6 Å². The molecule has 0 radical (unpaired) electrons. The third-order valence-corrected chi connectivity index (χ3v) is 4.91. The van der Waals surface area contributed by atoms with Crippen molar-refractivity contribution in [3.8, 4) is 0 Å². The van der Waals surface area contributed by atoms with Gasteiger partial charge in [-0.2, -0.15) is 11.8 Å². The predicted octanol–water partition coefficient (Wildman–Crippen LogP) is 3.69. The Morgan fingerprint density at radius 2 is 1.75 bits per heavy atom. The maximum atomic E-state index is 6.12. The molecule has 0 spiro atoms. The zero-order valence-corrected chi connectivity index (χ0v) is 14.7. The minimum Gasteiger partial charge on any atom is -0.329 e. The van der Waals surface area contributed by atoms with Gasteiger partial charge in [-0.3, -0.25) is 4.90 Å². The van der Waals surface area contributed by atoms with Gasteiger partial charge in [-0.05, 0) is 57.2 Å². The Balaban J connectivity index is 3.12. The highest BCUT2D eigenvalue weighted by Gasteiger charge is 2.24. The van der Waals surface area contributed by atoms with Gasteiger partial charge in [0.25, 0.3) is 0 Å². The minimum absolute atomic E-state index is 0.313. The van der Waals surface area contributed by atoms with Gasteiger partial charge >= 0.3 is 0 Å². The van der Waals surface area contributed by atoms with E-state index in [2.05, 4.69) is 58.0 Å². The summed E-state index contributed by atoms with van der Waals surface area (Å²) >= 11 is 1.91. The zero-order chi connectivity index (χ0) is 15.3. The maximum Gasteiger partial charge on any atom is 0.0475 e. The zero-order valence-electron chi connectivity index (χ0n) is 13.9.